The zero-order valence-electron chi connectivity index (χ0n) is 20.2. The molecule has 4 saturated carbocycles. The summed E-state index contributed by atoms with van der Waals surface area (Å²) in [6, 6.07) is 0. The molecule has 0 amide bonds. The second-order valence-electron chi connectivity index (χ2n) is 12.7. The van der Waals surface area contributed by atoms with E-state index in [1.165, 1.54) is 6.92 Å². The molecule has 8 rings (SSSR count). The Hall–Kier alpha value is -2.02. The van der Waals surface area contributed by atoms with Gasteiger partial charge in [0.1, 0.15) is 17.5 Å². The Bertz CT molecular complexity index is 1110. The normalized spacial score (nSPS) is 57.6. The van der Waals surface area contributed by atoms with Gasteiger partial charge in [0, 0.05) is 29.1 Å². The molecule has 6 aliphatic carbocycles. The standard InChI is InChI=1S/C27H32O7/c1-13(28)16-5-6-17-23(16,3)12-18-27(34-18)24(4)8-7-15(32-14(2)29)11-25(24)9-10-26(17,27)20-19(25)21(30)33-22(20)31/h9-10,15-20H,5-8,11-12H2,1-4H3/t15-,16+,17+,18+,19+,20+,23+,24-,25-,26-,27-/m0/s1. The van der Waals surface area contributed by atoms with Gasteiger partial charge in [-0.2, -0.15) is 0 Å². The summed E-state index contributed by atoms with van der Waals surface area (Å²) in [5.74, 6) is -2.24. The van der Waals surface area contributed by atoms with E-state index in [1.54, 1.807) is 6.92 Å². The number of carbonyl (C=O) groups excluding carboxylic acids is 4. The lowest BCUT2D eigenvalue weighted by Gasteiger charge is -2.72. The Labute approximate surface area is 198 Å². The van der Waals surface area contributed by atoms with Gasteiger partial charge in [0.25, 0.3) is 0 Å². The number of epoxide rings is 1. The van der Waals surface area contributed by atoms with Gasteiger partial charge in [-0.15, -0.1) is 0 Å². The first-order valence-corrected chi connectivity index (χ1v) is 12.8. The molecule has 182 valence electrons. The highest BCUT2D eigenvalue weighted by atomic mass is 16.6. The molecule has 0 aromatic carbocycles. The van der Waals surface area contributed by atoms with Crippen molar-refractivity contribution in [2.24, 2.45) is 45.3 Å². The third kappa shape index (κ3) is 1.87. The number of fused-ring (bicyclic) bond motifs is 1. The van der Waals surface area contributed by atoms with Gasteiger partial charge < -0.3 is 14.2 Å². The van der Waals surface area contributed by atoms with E-state index in [-0.39, 0.29) is 41.2 Å². The molecule has 3 spiro atoms. The number of ether oxygens (including phenoxy) is 3. The predicted molar refractivity (Wildman–Crippen MR) is 117 cm³/mol. The molecule has 2 heterocycles. The monoisotopic (exact) mass is 468 g/mol. The summed E-state index contributed by atoms with van der Waals surface area (Å²) >= 11 is 0. The lowest BCUT2D eigenvalue weighted by atomic mass is 9.27. The highest BCUT2D eigenvalue weighted by Crippen LogP contribution is 2.88. The first-order valence-electron chi connectivity index (χ1n) is 12.8. The number of carbonyl (C=O) groups is 4. The molecule has 2 aliphatic heterocycles. The largest absolute Gasteiger partial charge is 0.463 e. The summed E-state index contributed by atoms with van der Waals surface area (Å²) in [6.45, 7) is 7.54. The van der Waals surface area contributed by atoms with Crippen LogP contribution in [0.4, 0.5) is 0 Å². The zero-order valence-corrected chi connectivity index (χ0v) is 20.2. The van der Waals surface area contributed by atoms with Gasteiger partial charge in [-0.05, 0) is 56.8 Å². The van der Waals surface area contributed by atoms with Crippen molar-refractivity contribution < 1.29 is 33.4 Å². The summed E-state index contributed by atoms with van der Waals surface area (Å²) in [7, 11) is 0. The molecule has 6 fully saturated rings. The molecule has 2 saturated heterocycles. The molecule has 8 aliphatic rings. The van der Waals surface area contributed by atoms with Crippen molar-refractivity contribution in [2.75, 3.05) is 0 Å². The Kier molecular flexibility index (Phi) is 3.66. The van der Waals surface area contributed by atoms with Crippen molar-refractivity contribution in [3.63, 3.8) is 0 Å². The molecular weight excluding hydrogens is 436 g/mol. The number of Topliss-reactive ketones (excluding diaryl/α,β-unsaturated/α-hetero) is 1. The second-order valence-corrected chi connectivity index (χ2v) is 12.7. The highest BCUT2D eigenvalue weighted by molar-refractivity contribution is 5.99. The van der Waals surface area contributed by atoms with Crippen LogP contribution in [0.15, 0.2) is 12.2 Å². The van der Waals surface area contributed by atoms with Crippen molar-refractivity contribution in [1.29, 1.82) is 0 Å². The predicted octanol–water partition coefficient (Wildman–Crippen LogP) is 3.14. The quantitative estimate of drug-likeness (QED) is 0.266. The SMILES string of the molecule is CC(=O)O[C@H]1CC[C@]2(C)[C@@]34O[C@@H]3C[C@]3(C)[C@@H](C(C)=O)CC[C@H]3[C@]43C=C[C@]2(C1)[C@H]1C(=O)OC(=O)[C@@H]13. The maximum atomic E-state index is 13.5. The molecule has 0 aromatic heterocycles. The molecule has 34 heavy (non-hydrogen) atoms. The van der Waals surface area contributed by atoms with Crippen LogP contribution >= 0.6 is 0 Å². The van der Waals surface area contributed by atoms with Gasteiger partial charge in [0.15, 0.2) is 0 Å². The van der Waals surface area contributed by atoms with Crippen LogP contribution in [0.1, 0.15) is 66.2 Å². The number of hydrogen-bond acceptors (Lipinski definition) is 7. The van der Waals surface area contributed by atoms with Gasteiger partial charge in [0.05, 0.1) is 17.9 Å². The first kappa shape index (κ1) is 21.3. The van der Waals surface area contributed by atoms with Crippen molar-refractivity contribution in [1.82, 2.24) is 0 Å². The van der Waals surface area contributed by atoms with E-state index in [9.17, 15) is 19.2 Å². The number of cyclic esters (lactones) is 2. The van der Waals surface area contributed by atoms with Crippen LogP contribution in [0.3, 0.4) is 0 Å². The average Bonchev–Trinajstić information content (AvgIpc) is 3.23. The molecule has 11 atom stereocenters. The fraction of sp³-hybridized carbons (Fsp3) is 0.778. The number of allylic oxidation sites excluding steroid dienone is 1. The summed E-state index contributed by atoms with van der Waals surface area (Å²) < 4.78 is 17.9. The zero-order chi connectivity index (χ0) is 24.1. The van der Waals surface area contributed by atoms with Gasteiger partial charge in [-0.3, -0.25) is 19.2 Å². The van der Waals surface area contributed by atoms with E-state index < -0.39 is 45.6 Å². The van der Waals surface area contributed by atoms with E-state index in [4.69, 9.17) is 14.2 Å². The number of ketones is 1. The fourth-order valence-corrected chi connectivity index (χ4v) is 11.0. The summed E-state index contributed by atoms with van der Waals surface area (Å²) in [4.78, 5) is 51.4. The van der Waals surface area contributed by atoms with Crippen molar-refractivity contribution in [3.8, 4) is 0 Å². The third-order valence-corrected chi connectivity index (χ3v) is 11.9. The van der Waals surface area contributed by atoms with Gasteiger partial charge >= 0.3 is 17.9 Å². The van der Waals surface area contributed by atoms with E-state index in [2.05, 4.69) is 26.0 Å². The third-order valence-electron chi connectivity index (χ3n) is 11.9. The minimum Gasteiger partial charge on any atom is -0.463 e. The Morgan fingerprint density at radius 3 is 2.44 bits per heavy atom. The van der Waals surface area contributed by atoms with Crippen LogP contribution in [-0.4, -0.2) is 41.5 Å². The fourth-order valence-electron chi connectivity index (χ4n) is 11.0. The smallest absolute Gasteiger partial charge is 0.318 e. The van der Waals surface area contributed by atoms with Gasteiger partial charge in [-0.1, -0.05) is 26.0 Å². The van der Waals surface area contributed by atoms with Crippen molar-refractivity contribution in [3.05, 3.63) is 12.2 Å². The minimum atomic E-state index is -0.665. The molecule has 2 bridgehead atoms. The van der Waals surface area contributed by atoms with Crippen LogP contribution in [0.25, 0.3) is 0 Å². The van der Waals surface area contributed by atoms with E-state index in [1.807, 2.05) is 0 Å². The van der Waals surface area contributed by atoms with Gasteiger partial charge in [-0.25, -0.2) is 0 Å². The van der Waals surface area contributed by atoms with Crippen LogP contribution in [0, 0.1) is 45.3 Å². The Morgan fingerprint density at radius 1 is 1.00 bits per heavy atom. The minimum absolute atomic E-state index is 0.0576. The van der Waals surface area contributed by atoms with E-state index in [0.29, 0.717) is 12.8 Å². The van der Waals surface area contributed by atoms with Crippen LogP contribution in [-0.2, 0) is 33.4 Å². The van der Waals surface area contributed by atoms with E-state index >= 15 is 0 Å². The van der Waals surface area contributed by atoms with Crippen LogP contribution < -0.4 is 0 Å². The number of rotatable bonds is 2. The Morgan fingerprint density at radius 2 is 1.74 bits per heavy atom. The molecule has 0 unspecified atom stereocenters. The average molecular weight is 469 g/mol. The van der Waals surface area contributed by atoms with Crippen LogP contribution in [0.2, 0.25) is 0 Å². The summed E-state index contributed by atoms with van der Waals surface area (Å²) in [5.41, 5.74) is -2.55. The van der Waals surface area contributed by atoms with Crippen molar-refractivity contribution in [2.45, 2.75) is 84.0 Å². The molecule has 0 aromatic rings. The molecule has 7 heteroatoms. The lowest BCUT2D eigenvalue weighted by molar-refractivity contribution is -0.238. The number of esters is 3. The van der Waals surface area contributed by atoms with Gasteiger partial charge in [0.2, 0.25) is 0 Å². The molecule has 0 radical (unpaired) electrons. The summed E-state index contributed by atoms with van der Waals surface area (Å²) in [5, 5.41) is 0. The topological polar surface area (TPSA) is 99.3 Å². The Balaban J connectivity index is 1.47. The molecule has 7 nitrogen and oxygen atoms in total. The maximum absolute atomic E-state index is 13.5. The lowest BCUT2D eigenvalue weighted by Crippen LogP contribution is -2.77. The first-order chi connectivity index (χ1) is 16.0. The number of hydrogen-bond donors (Lipinski definition) is 0. The second kappa shape index (κ2) is 5.85. The van der Waals surface area contributed by atoms with E-state index in [0.717, 1.165) is 25.7 Å². The molecular formula is C27H32O7. The van der Waals surface area contributed by atoms with Crippen molar-refractivity contribution >= 4 is 23.7 Å². The highest BCUT2D eigenvalue weighted by Gasteiger charge is 2.94. The van der Waals surface area contributed by atoms with Crippen LogP contribution in [0.5, 0.6) is 0 Å². The maximum Gasteiger partial charge on any atom is 0.318 e. The molecule has 0 N–H and O–H groups in total. The summed E-state index contributed by atoms with van der Waals surface area (Å²) in [6.07, 6.45) is 8.43.